The number of carbonyl (C=O) groups is 2. The summed E-state index contributed by atoms with van der Waals surface area (Å²) in [6, 6.07) is 6.23. The molecule has 260 valence electrons. The van der Waals surface area contributed by atoms with Crippen LogP contribution in [0.1, 0.15) is 30.5 Å². The first kappa shape index (κ1) is 33.1. The second-order valence-corrected chi connectivity index (χ2v) is 12.7. The van der Waals surface area contributed by atoms with Crippen molar-refractivity contribution in [3.63, 3.8) is 0 Å². The molecule has 0 radical (unpaired) electrons. The Kier molecular flexibility index (Phi) is 7.50. The Morgan fingerprint density at radius 2 is 0.808 bits per heavy atom. The molecule has 52 heavy (non-hydrogen) atoms. The molecule has 0 N–H and O–H groups in total. The summed E-state index contributed by atoms with van der Waals surface area (Å²) < 4.78 is 150. The summed E-state index contributed by atoms with van der Waals surface area (Å²) in [4.78, 5) is 41.0. The third-order valence-corrected chi connectivity index (χ3v) is 9.52. The van der Waals surface area contributed by atoms with Crippen molar-refractivity contribution in [2.24, 2.45) is 0 Å². The van der Waals surface area contributed by atoms with E-state index in [-0.39, 0.29) is 44.0 Å². The number of rotatable bonds is 6. The largest absolute Gasteiger partial charge is 0.434 e. The number of nitrogens with zero attached hydrogens (tertiary/aromatic N) is 4. The maximum atomic E-state index is 14.2. The highest BCUT2D eigenvalue weighted by molar-refractivity contribution is 7.17. The number of fused-ring (bicyclic) bond motifs is 3. The zero-order valence-corrected chi connectivity index (χ0v) is 26.1. The fraction of sp³-hybridized carbons (Fsp3) is 0. The molecule has 8 nitrogen and oxygen atoms in total. The van der Waals surface area contributed by atoms with Gasteiger partial charge in [-0.05, 0) is 35.0 Å². The van der Waals surface area contributed by atoms with Crippen LogP contribution in [0, 0.1) is 58.2 Å². The highest BCUT2D eigenvalue weighted by atomic mass is 32.1. The molecule has 8 aromatic rings. The zero-order chi connectivity index (χ0) is 36.9. The van der Waals surface area contributed by atoms with Crippen LogP contribution < -0.4 is 0 Å². The molecule has 0 saturated carbocycles. The van der Waals surface area contributed by atoms with Crippen LogP contribution in [-0.4, -0.2) is 31.5 Å². The number of halogens is 10. The average molecular weight is 765 g/mol. The molecule has 4 aromatic heterocycles. The molecule has 0 bridgehead atoms. The lowest BCUT2D eigenvalue weighted by molar-refractivity contribution is 0.102. The third-order valence-electron chi connectivity index (χ3n) is 7.55. The first-order valence-electron chi connectivity index (χ1n) is 13.9. The van der Waals surface area contributed by atoms with E-state index >= 15 is 0 Å². The van der Waals surface area contributed by atoms with E-state index < -0.39 is 90.6 Å². The minimum atomic E-state index is -2.41. The fourth-order valence-corrected chi connectivity index (χ4v) is 6.67. The molecule has 0 amide bonds. The SMILES string of the molecule is O=C(c1cnc(-c2nc3cc4cc5oc(-c6ncc(C(=O)c7c(F)c(F)c(F)c(F)c7F)s6)nc5cc4cc3o2)s1)c1c(F)c(F)c(F)c(F)c1F. The van der Waals surface area contributed by atoms with Crippen LogP contribution in [0.2, 0.25) is 0 Å². The Balaban J connectivity index is 1.09. The number of carbonyl (C=O) groups excluding carboxylic acids is 2. The molecule has 0 atom stereocenters. The van der Waals surface area contributed by atoms with Gasteiger partial charge in [0.1, 0.15) is 22.2 Å². The van der Waals surface area contributed by atoms with Gasteiger partial charge in [-0.25, -0.2) is 63.8 Å². The molecular formula is C32H6F10N4O4S2. The van der Waals surface area contributed by atoms with Crippen molar-refractivity contribution >= 4 is 67.2 Å². The molecule has 8 rings (SSSR count). The second-order valence-electron chi connectivity index (χ2n) is 10.6. The molecule has 0 spiro atoms. The summed E-state index contributed by atoms with van der Waals surface area (Å²) in [6.45, 7) is 0. The average Bonchev–Trinajstić information content (AvgIpc) is 3.95. The third kappa shape index (κ3) is 4.96. The van der Waals surface area contributed by atoms with Crippen molar-refractivity contribution in [2.75, 3.05) is 0 Å². The van der Waals surface area contributed by atoms with Gasteiger partial charge in [0, 0.05) is 0 Å². The van der Waals surface area contributed by atoms with Crippen LogP contribution in [0.15, 0.2) is 45.5 Å². The van der Waals surface area contributed by atoms with Crippen molar-refractivity contribution in [2.45, 2.75) is 0 Å². The van der Waals surface area contributed by atoms with Crippen molar-refractivity contribution in [3.05, 3.63) is 116 Å². The summed E-state index contributed by atoms with van der Waals surface area (Å²) in [5.41, 5.74) is -2.37. The zero-order valence-electron chi connectivity index (χ0n) is 24.5. The number of thiazole rings is 2. The molecule has 0 aliphatic heterocycles. The van der Waals surface area contributed by atoms with Crippen molar-refractivity contribution in [1.29, 1.82) is 0 Å². The van der Waals surface area contributed by atoms with Gasteiger partial charge in [-0.1, -0.05) is 0 Å². The van der Waals surface area contributed by atoms with E-state index in [0.717, 1.165) is 12.4 Å². The minimum absolute atomic E-state index is 0.0611. The second kappa shape index (κ2) is 11.8. The summed E-state index contributed by atoms with van der Waals surface area (Å²) in [6.07, 6.45) is 1.73. The summed E-state index contributed by atoms with van der Waals surface area (Å²) in [5.74, 6) is -26.4. The van der Waals surface area contributed by atoms with Crippen molar-refractivity contribution in [1.82, 2.24) is 19.9 Å². The first-order chi connectivity index (χ1) is 24.7. The number of hydrogen-bond donors (Lipinski definition) is 0. The van der Waals surface area contributed by atoms with Gasteiger partial charge in [-0.15, -0.1) is 22.7 Å². The van der Waals surface area contributed by atoms with Gasteiger partial charge in [0.2, 0.25) is 23.2 Å². The van der Waals surface area contributed by atoms with Gasteiger partial charge in [0.05, 0.1) is 22.1 Å². The van der Waals surface area contributed by atoms with E-state index in [1.54, 1.807) is 24.3 Å². The predicted octanol–water partition coefficient (Wildman–Crippen LogP) is 9.22. The maximum absolute atomic E-state index is 14.2. The summed E-state index contributed by atoms with van der Waals surface area (Å²) in [7, 11) is 0. The lowest BCUT2D eigenvalue weighted by atomic mass is 10.1. The van der Waals surface area contributed by atoms with Crippen LogP contribution in [0.25, 0.3) is 54.8 Å². The van der Waals surface area contributed by atoms with Gasteiger partial charge in [-0.2, -0.15) is 0 Å². The van der Waals surface area contributed by atoms with Crippen LogP contribution >= 0.6 is 22.7 Å². The van der Waals surface area contributed by atoms with Gasteiger partial charge < -0.3 is 8.83 Å². The topological polar surface area (TPSA) is 112 Å². The highest BCUT2D eigenvalue weighted by Crippen LogP contribution is 2.36. The van der Waals surface area contributed by atoms with E-state index in [1.807, 2.05) is 0 Å². The Hall–Kier alpha value is -6.02. The van der Waals surface area contributed by atoms with Gasteiger partial charge in [0.25, 0.3) is 11.8 Å². The van der Waals surface area contributed by atoms with Crippen LogP contribution in [-0.2, 0) is 0 Å². The Labute approximate surface area is 286 Å². The van der Waals surface area contributed by atoms with Gasteiger partial charge in [-0.3, -0.25) is 9.59 Å². The number of benzene rings is 4. The molecule has 4 heterocycles. The Bertz CT molecular complexity index is 2560. The molecule has 0 fully saturated rings. The van der Waals surface area contributed by atoms with Gasteiger partial charge in [0.15, 0.2) is 67.7 Å². The van der Waals surface area contributed by atoms with E-state index in [9.17, 15) is 53.5 Å². The van der Waals surface area contributed by atoms with Crippen LogP contribution in [0.4, 0.5) is 43.9 Å². The molecular weight excluding hydrogens is 758 g/mol. The number of oxazole rings is 2. The van der Waals surface area contributed by atoms with Crippen LogP contribution in [0.5, 0.6) is 0 Å². The molecule has 0 saturated heterocycles. The normalized spacial score (nSPS) is 11.8. The molecule has 0 aliphatic carbocycles. The lowest BCUT2D eigenvalue weighted by Crippen LogP contribution is -2.12. The minimum Gasteiger partial charge on any atom is -0.434 e. The number of ketones is 2. The van der Waals surface area contributed by atoms with Crippen molar-refractivity contribution < 1.29 is 62.3 Å². The lowest BCUT2D eigenvalue weighted by Gasteiger charge is -2.05. The smallest absolute Gasteiger partial charge is 0.256 e. The van der Waals surface area contributed by atoms with E-state index in [4.69, 9.17) is 8.83 Å². The molecule has 4 aromatic carbocycles. The van der Waals surface area contributed by atoms with E-state index in [2.05, 4.69) is 19.9 Å². The quantitative estimate of drug-likeness (QED) is 0.0714. The molecule has 0 unspecified atom stereocenters. The monoisotopic (exact) mass is 764 g/mol. The fourth-order valence-electron chi connectivity index (χ4n) is 5.09. The summed E-state index contributed by atoms with van der Waals surface area (Å²) >= 11 is 1.05. The number of aromatic nitrogens is 4. The highest BCUT2D eigenvalue weighted by Gasteiger charge is 2.33. The van der Waals surface area contributed by atoms with Gasteiger partial charge >= 0.3 is 0 Å². The standard InChI is InChI=1S/C32H6F10N4O4S2/c33-17-15(18(34)22(38)25(41)21(17)37)27(47)13-5-43-31(51-13)29-45-9-1-7-3-12-10(2-8(7)4-11(9)49-29)46-30(50-12)32-44-6-14(52-32)28(48)16-19(35)23(39)26(42)24(40)20(16)36/h1-6H. The predicted molar refractivity (Wildman–Crippen MR) is 161 cm³/mol. The molecule has 0 aliphatic rings. The van der Waals surface area contributed by atoms with E-state index in [1.165, 1.54) is 0 Å². The van der Waals surface area contributed by atoms with Crippen LogP contribution in [0.3, 0.4) is 0 Å². The first-order valence-corrected chi connectivity index (χ1v) is 15.6. The Morgan fingerprint density at radius 3 is 1.15 bits per heavy atom. The molecule has 20 heteroatoms. The number of hydrogen-bond acceptors (Lipinski definition) is 10. The maximum Gasteiger partial charge on any atom is 0.256 e. The van der Waals surface area contributed by atoms with Crippen molar-refractivity contribution in [3.8, 4) is 21.8 Å². The summed E-state index contributed by atoms with van der Waals surface area (Å²) in [5, 5.41) is 0.943. The Morgan fingerprint density at radius 1 is 0.481 bits per heavy atom. The van der Waals surface area contributed by atoms with E-state index in [0.29, 0.717) is 33.4 Å².